The lowest BCUT2D eigenvalue weighted by atomic mass is 9.80. The molecule has 1 saturated carbocycles. The largest absolute Gasteiger partial charge is 0.416 e. The van der Waals surface area contributed by atoms with Crippen LogP contribution in [0.2, 0.25) is 0 Å². The topological polar surface area (TPSA) is 57.3 Å². The summed E-state index contributed by atoms with van der Waals surface area (Å²) in [5.74, 6) is 1.78. The fraction of sp³-hybridized carbons (Fsp3) is 0.333. The van der Waals surface area contributed by atoms with Gasteiger partial charge in [-0.05, 0) is 86.2 Å². The van der Waals surface area contributed by atoms with E-state index >= 15 is 0 Å². The molecule has 2 N–H and O–H groups in total. The molecule has 1 aliphatic carbocycles. The predicted molar refractivity (Wildman–Crippen MR) is 119 cm³/mol. The molecule has 0 atom stereocenters. The maximum Gasteiger partial charge on any atom is 0.416 e. The summed E-state index contributed by atoms with van der Waals surface area (Å²) in [6.45, 7) is 1.08. The van der Waals surface area contributed by atoms with E-state index in [1.54, 1.807) is 6.07 Å². The van der Waals surface area contributed by atoms with Gasteiger partial charge >= 0.3 is 12.2 Å². The van der Waals surface area contributed by atoms with E-state index in [1.807, 2.05) is 24.3 Å². The number of pyridine rings is 1. The fourth-order valence-corrected chi connectivity index (χ4v) is 4.74. The Morgan fingerprint density at radius 1 is 0.906 bits per heavy atom. The minimum absolute atomic E-state index is 0.276. The second-order valence-electron chi connectivity index (χ2n) is 8.56. The van der Waals surface area contributed by atoms with Crippen LogP contribution in [0.3, 0.4) is 0 Å². The van der Waals surface area contributed by atoms with Crippen molar-refractivity contribution in [3.05, 3.63) is 60.2 Å². The molecule has 2 bridgehead atoms. The first-order chi connectivity index (χ1) is 15.3. The van der Waals surface area contributed by atoms with Crippen molar-refractivity contribution in [1.29, 1.82) is 0 Å². The molecule has 166 valence electrons. The number of fused-ring (bicyclic) bond motifs is 4. The van der Waals surface area contributed by atoms with Crippen LogP contribution in [-0.4, -0.2) is 23.6 Å². The molecule has 6 rings (SSSR count). The van der Waals surface area contributed by atoms with Gasteiger partial charge in [-0.3, -0.25) is 0 Å². The molecule has 32 heavy (non-hydrogen) atoms. The van der Waals surface area contributed by atoms with E-state index in [2.05, 4.69) is 15.5 Å². The number of alkyl halides is 3. The van der Waals surface area contributed by atoms with Crippen molar-refractivity contribution in [2.75, 3.05) is 22.1 Å². The number of carbonyl (C=O) groups excluding carboxylic acids is 1. The molecule has 8 heteroatoms. The molecule has 2 amide bonds. The first-order valence-corrected chi connectivity index (χ1v) is 10.8. The minimum Gasteiger partial charge on any atom is -0.353 e. The molecule has 3 heterocycles. The van der Waals surface area contributed by atoms with E-state index in [0.29, 0.717) is 11.7 Å². The molecule has 3 aliphatic rings. The van der Waals surface area contributed by atoms with Gasteiger partial charge in [0.25, 0.3) is 0 Å². The number of nitrogens with zero attached hydrogens (tertiary/aromatic N) is 2. The zero-order valence-electron chi connectivity index (χ0n) is 17.3. The summed E-state index contributed by atoms with van der Waals surface area (Å²) >= 11 is 0. The highest BCUT2D eigenvalue weighted by Gasteiger charge is 2.34. The highest BCUT2D eigenvalue weighted by atomic mass is 19.4. The predicted octanol–water partition coefficient (Wildman–Crippen LogP) is 6.28. The zero-order valence-corrected chi connectivity index (χ0v) is 17.3. The highest BCUT2D eigenvalue weighted by Crippen LogP contribution is 2.37. The lowest BCUT2D eigenvalue weighted by molar-refractivity contribution is -0.137. The Kier molecular flexibility index (Phi) is 5.15. The Morgan fingerprint density at radius 2 is 1.59 bits per heavy atom. The van der Waals surface area contributed by atoms with Gasteiger partial charge in [-0.2, -0.15) is 13.2 Å². The maximum absolute atomic E-state index is 12.7. The Morgan fingerprint density at radius 3 is 2.25 bits per heavy atom. The van der Waals surface area contributed by atoms with Crippen LogP contribution in [0.4, 0.5) is 35.2 Å². The summed E-state index contributed by atoms with van der Waals surface area (Å²) in [6.07, 6.45) is 0.701. The number of aromatic nitrogens is 1. The third-order valence-corrected chi connectivity index (χ3v) is 6.41. The lowest BCUT2D eigenvalue weighted by Crippen LogP contribution is -2.48. The van der Waals surface area contributed by atoms with E-state index in [-0.39, 0.29) is 5.69 Å². The summed E-state index contributed by atoms with van der Waals surface area (Å²) in [5.41, 5.74) is 0.951. The third-order valence-electron chi connectivity index (χ3n) is 6.41. The van der Waals surface area contributed by atoms with Crippen LogP contribution in [0.5, 0.6) is 0 Å². The van der Waals surface area contributed by atoms with Crippen molar-refractivity contribution in [2.45, 2.75) is 37.9 Å². The van der Waals surface area contributed by atoms with Crippen molar-refractivity contribution in [2.24, 2.45) is 5.92 Å². The maximum atomic E-state index is 12.7. The van der Waals surface area contributed by atoms with Crippen molar-refractivity contribution in [3.8, 4) is 0 Å². The van der Waals surface area contributed by atoms with Gasteiger partial charge in [0.15, 0.2) is 0 Å². The van der Waals surface area contributed by atoms with Gasteiger partial charge in [0.1, 0.15) is 5.82 Å². The molecular formula is C24H23F3N4O. The molecular weight excluding hydrogens is 417 g/mol. The highest BCUT2D eigenvalue weighted by molar-refractivity contribution is 6.01. The zero-order chi connectivity index (χ0) is 22.3. The van der Waals surface area contributed by atoms with Crippen LogP contribution >= 0.6 is 0 Å². The Balaban J connectivity index is 1.26. The molecule has 5 nitrogen and oxygen atoms in total. The number of benzene rings is 2. The number of rotatable bonds is 3. The second-order valence-corrected chi connectivity index (χ2v) is 8.56. The molecule has 0 unspecified atom stereocenters. The average Bonchev–Trinajstić information content (AvgIpc) is 2.79. The van der Waals surface area contributed by atoms with Crippen LogP contribution in [0.1, 0.15) is 31.2 Å². The van der Waals surface area contributed by atoms with Gasteiger partial charge in [-0.15, -0.1) is 0 Å². The van der Waals surface area contributed by atoms with Gasteiger partial charge in [0, 0.05) is 29.3 Å². The fourth-order valence-electron chi connectivity index (χ4n) is 4.74. The number of piperidine rings is 2. The van der Waals surface area contributed by atoms with Crippen molar-refractivity contribution in [3.63, 3.8) is 0 Å². The number of hydrogen-bond donors (Lipinski definition) is 2. The molecule has 3 aromatic rings. The van der Waals surface area contributed by atoms with Crippen LogP contribution in [0, 0.1) is 5.92 Å². The van der Waals surface area contributed by atoms with Gasteiger partial charge in [0.2, 0.25) is 0 Å². The summed E-state index contributed by atoms with van der Waals surface area (Å²) in [6, 6.07) is 13.9. The molecule has 3 fully saturated rings. The van der Waals surface area contributed by atoms with Gasteiger partial charge in [-0.25, -0.2) is 9.78 Å². The average molecular weight is 440 g/mol. The Bertz CT molecular complexity index is 1140. The minimum atomic E-state index is -4.41. The SMILES string of the molecule is O=C(Nc1ccc(C(F)(F)F)cc1)Nc1ccc2nc(N3CC4CCC3CC4)ccc2c1. The molecule has 1 aromatic heterocycles. The molecule has 0 radical (unpaired) electrons. The molecule has 2 aromatic carbocycles. The third kappa shape index (κ3) is 4.22. The summed E-state index contributed by atoms with van der Waals surface area (Å²) in [4.78, 5) is 19.5. The first kappa shape index (κ1) is 20.6. The summed E-state index contributed by atoms with van der Waals surface area (Å²) in [7, 11) is 0. The van der Waals surface area contributed by atoms with Crippen LogP contribution in [-0.2, 0) is 6.18 Å². The Hall–Kier alpha value is -3.29. The van der Waals surface area contributed by atoms with E-state index in [1.165, 1.54) is 37.8 Å². The number of anilines is 3. The standard InChI is InChI=1S/C24H23F3N4O/c25-24(26,27)17-4-6-18(7-5-17)28-23(32)29-19-8-11-21-16(13-19)3-12-22(30-21)31-14-15-1-9-20(31)10-2-15/h3-8,11-13,15,20H,1-2,9-10,14H2,(H2,28,29,32). The van der Waals surface area contributed by atoms with Crippen molar-refractivity contribution >= 4 is 34.1 Å². The van der Waals surface area contributed by atoms with Gasteiger partial charge in [-0.1, -0.05) is 0 Å². The van der Waals surface area contributed by atoms with Crippen molar-refractivity contribution < 1.29 is 18.0 Å². The summed E-state index contributed by atoms with van der Waals surface area (Å²) in [5, 5.41) is 6.17. The molecule has 2 saturated heterocycles. The Labute approximate surface area is 183 Å². The summed E-state index contributed by atoms with van der Waals surface area (Å²) < 4.78 is 38.0. The van der Waals surface area contributed by atoms with E-state index in [0.717, 1.165) is 41.3 Å². The van der Waals surface area contributed by atoms with Crippen LogP contribution in [0.25, 0.3) is 10.9 Å². The number of nitrogens with one attached hydrogen (secondary N) is 2. The first-order valence-electron chi connectivity index (χ1n) is 10.8. The van der Waals surface area contributed by atoms with E-state index in [9.17, 15) is 18.0 Å². The quantitative estimate of drug-likeness (QED) is 0.504. The van der Waals surface area contributed by atoms with Crippen LogP contribution < -0.4 is 15.5 Å². The molecule has 0 spiro atoms. The number of urea groups is 1. The van der Waals surface area contributed by atoms with E-state index in [4.69, 9.17) is 4.98 Å². The van der Waals surface area contributed by atoms with Gasteiger partial charge < -0.3 is 15.5 Å². The number of halogens is 3. The van der Waals surface area contributed by atoms with Crippen molar-refractivity contribution in [1.82, 2.24) is 4.98 Å². The van der Waals surface area contributed by atoms with Crippen LogP contribution in [0.15, 0.2) is 54.6 Å². The smallest absolute Gasteiger partial charge is 0.353 e. The number of amides is 2. The number of carbonyl (C=O) groups is 1. The van der Waals surface area contributed by atoms with Gasteiger partial charge in [0.05, 0.1) is 11.1 Å². The monoisotopic (exact) mass is 440 g/mol. The normalized spacial score (nSPS) is 20.4. The lowest BCUT2D eigenvalue weighted by Gasteiger charge is -2.46. The number of hydrogen-bond acceptors (Lipinski definition) is 3. The molecule has 2 aliphatic heterocycles. The second kappa shape index (κ2) is 8.00. The van der Waals surface area contributed by atoms with E-state index < -0.39 is 17.8 Å².